The molecule has 3 heterocycles. The SMILES string of the molecule is O=C(NCc1cccc(CN2CCCC2=O)c1)NCC(c1ccco1)N1CCCCC1. The van der Waals surface area contributed by atoms with E-state index in [1.807, 2.05) is 35.2 Å². The summed E-state index contributed by atoms with van der Waals surface area (Å²) in [6.07, 6.45) is 6.91. The number of carbonyl (C=O) groups excluding carboxylic acids is 2. The summed E-state index contributed by atoms with van der Waals surface area (Å²) in [5.74, 6) is 1.12. The van der Waals surface area contributed by atoms with Crippen molar-refractivity contribution in [3.63, 3.8) is 0 Å². The predicted octanol–water partition coefficient (Wildman–Crippen LogP) is 3.43. The van der Waals surface area contributed by atoms with Crippen LogP contribution in [0.4, 0.5) is 4.79 Å². The van der Waals surface area contributed by atoms with Crippen LogP contribution in [-0.2, 0) is 17.9 Å². The Bertz CT molecular complexity index is 861. The first-order valence-electron chi connectivity index (χ1n) is 11.3. The van der Waals surface area contributed by atoms with Gasteiger partial charge in [0, 0.05) is 32.6 Å². The number of hydrogen-bond acceptors (Lipinski definition) is 4. The molecule has 31 heavy (non-hydrogen) atoms. The highest BCUT2D eigenvalue weighted by molar-refractivity contribution is 5.78. The van der Waals surface area contributed by atoms with Crippen LogP contribution in [0, 0.1) is 0 Å². The van der Waals surface area contributed by atoms with Gasteiger partial charge in [-0.2, -0.15) is 0 Å². The Morgan fingerprint density at radius 2 is 1.84 bits per heavy atom. The lowest BCUT2D eigenvalue weighted by atomic mass is 10.1. The third-order valence-corrected chi connectivity index (χ3v) is 6.15. The number of benzene rings is 1. The van der Waals surface area contributed by atoms with Crippen LogP contribution in [0.15, 0.2) is 47.1 Å². The highest BCUT2D eigenvalue weighted by atomic mass is 16.3. The molecule has 4 rings (SSSR count). The van der Waals surface area contributed by atoms with Gasteiger partial charge in [-0.1, -0.05) is 30.7 Å². The topological polar surface area (TPSA) is 77.8 Å². The van der Waals surface area contributed by atoms with Crippen molar-refractivity contribution in [2.45, 2.75) is 51.2 Å². The molecule has 166 valence electrons. The van der Waals surface area contributed by atoms with Gasteiger partial charge in [-0.3, -0.25) is 9.69 Å². The first-order valence-corrected chi connectivity index (χ1v) is 11.3. The second-order valence-electron chi connectivity index (χ2n) is 8.43. The summed E-state index contributed by atoms with van der Waals surface area (Å²) >= 11 is 0. The number of amides is 3. The quantitative estimate of drug-likeness (QED) is 0.681. The van der Waals surface area contributed by atoms with Gasteiger partial charge in [0.15, 0.2) is 0 Å². The zero-order valence-corrected chi connectivity index (χ0v) is 18.0. The van der Waals surface area contributed by atoms with Crippen LogP contribution < -0.4 is 10.6 Å². The molecule has 0 spiro atoms. The Hall–Kier alpha value is -2.80. The van der Waals surface area contributed by atoms with Crippen LogP contribution in [0.3, 0.4) is 0 Å². The molecular formula is C24H32N4O3. The maximum Gasteiger partial charge on any atom is 0.315 e. The first kappa shape index (κ1) is 21.4. The van der Waals surface area contributed by atoms with Gasteiger partial charge in [0.25, 0.3) is 0 Å². The van der Waals surface area contributed by atoms with Crippen molar-refractivity contribution in [3.05, 3.63) is 59.5 Å². The fourth-order valence-electron chi connectivity index (χ4n) is 4.48. The summed E-state index contributed by atoms with van der Waals surface area (Å²) in [4.78, 5) is 28.6. The van der Waals surface area contributed by atoms with Crippen LogP contribution in [0.1, 0.15) is 55.0 Å². The Labute approximate surface area is 183 Å². The lowest BCUT2D eigenvalue weighted by Crippen LogP contribution is -2.43. The van der Waals surface area contributed by atoms with E-state index in [9.17, 15) is 9.59 Å². The normalized spacial score (nSPS) is 18.2. The summed E-state index contributed by atoms with van der Waals surface area (Å²) in [7, 11) is 0. The molecule has 0 aliphatic carbocycles. The lowest BCUT2D eigenvalue weighted by Gasteiger charge is -2.33. The molecule has 7 heteroatoms. The van der Waals surface area contributed by atoms with E-state index in [4.69, 9.17) is 4.42 Å². The molecule has 2 aliphatic heterocycles. The van der Waals surface area contributed by atoms with Crippen molar-refractivity contribution in [1.82, 2.24) is 20.4 Å². The molecule has 1 aromatic heterocycles. The molecule has 3 amide bonds. The molecule has 1 aromatic carbocycles. The molecule has 2 N–H and O–H groups in total. The van der Waals surface area contributed by atoms with Gasteiger partial charge in [0.05, 0.1) is 12.3 Å². The molecular weight excluding hydrogens is 392 g/mol. The van der Waals surface area contributed by atoms with Crippen molar-refractivity contribution in [1.29, 1.82) is 0 Å². The standard InChI is InChI=1S/C24H32N4O3/c29-23-10-5-13-28(23)18-20-8-4-7-19(15-20)16-25-24(30)26-17-21(22-9-6-14-31-22)27-11-2-1-3-12-27/h4,6-9,14-15,21H,1-3,5,10-13,16-18H2,(H2,25,26,30). The number of furan rings is 1. The second-order valence-corrected chi connectivity index (χ2v) is 8.43. The number of hydrogen-bond donors (Lipinski definition) is 2. The van der Waals surface area contributed by atoms with E-state index in [1.54, 1.807) is 6.26 Å². The minimum atomic E-state index is -0.186. The van der Waals surface area contributed by atoms with Gasteiger partial charge >= 0.3 is 6.03 Å². The van der Waals surface area contributed by atoms with Crippen molar-refractivity contribution in [3.8, 4) is 0 Å². The Morgan fingerprint density at radius 1 is 1.00 bits per heavy atom. The lowest BCUT2D eigenvalue weighted by molar-refractivity contribution is -0.128. The Balaban J connectivity index is 1.27. The summed E-state index contributed by atoms with van der Waals surface area (Å²) in [6.45, 7) is 4.48. The average Bonchev–Trinajstić information content (AvgIpc) is 3.46. The van der Waals surface area contributed by atoms with E-state index in [-0.39, 0.29) is 18.0 Å². The van der Waals surface area contributed by atoms with Crippen LogP contribution in [0.2, 0.25) is 0 Å². The molecule has 2 aromatic rings. The van der Waals surface area contributed by atoms with Crippen LogP contribution in [-0.4, -0.2) is 47.9 Å². The zero-order valence-electron chi connectivity index (χ0n) is 18.0. The molecule has 2 aliphatic rings. The molecule has 0 saturated carbocycles. The van der Waals surface area contributed by atoms with E-state index >= 15 is 0 Å². The maximum atomic E-state index is 12.5. The Kier molecular flexibility index (Phi) is 7.25. The molecule has 1 unspecified atom stereocenters. The predicted molar refractivity (Wildman–Crippen MR) is 118 cm³/mol. The summed E-state index contributed by atoms with van der Waals surface area (Å²) in [6, 6.07) is 11.8. The minimum absolute atomic E-state index is 0.0578. The maximum absolute atomic E-state index is 12.5. The fourth-order valence-corrected chi connectivity index (χ4v) is 4.48. The minimum Gasteiger partial charge on any atom is -0.468 e. The monoisotopic (exact) mass is 424 g/mol. The van der Waals surface area contributed by atoms with Crippen molar-refractivity contribution >= 4 is 11.9 Å². The smallest absolute Gasteiger partial charge is 0.315 e. The highest BCUT2D eigenvalue weighted by Crippen LogP contribution is 2.24. The molecule has 2 fully saturated rings. The van der Waals surface area contributed by atoms with Crippen LogP contribution in [0.5, 0.6) is 0 Å². The molecule has 7 nitrogen and oxygen atoms in total. The number of piperidine rings is 1. The first-order chi connectivity index (χ1) is 15.2. The van der Waals surface area contributed by atoms with E-state index in [2.05, 4.69) is 21.6 Å². The summed E-state index contributed by atoms with van der Waals surface area (Å²) in [5, 5.41) is 5.97. The Morgan fingerprint density at radius 3 is 2.58 bits per heavy atom. The average molecular weight is 425 g/mol. The van der Waals surface area contributed by atoms with E-state index in [0.29, 0.717) is 26.1 Å². The fraction of sp³-hybridized carbons (Fsp3) is 0.500. The van der Waals surface area contributed by atoms with Gasteiger partial charge < -0.3 is 20.0 Å². The third-order valence-electron chi connectivity index (χ3n) is 6.15. The molecule has 0 bridgehead atoms. The molecule has 2 saturated heterocycles. The summed E-state index contributed by atoms with van der Waals surface area (Å²) < 4.78 is 5.64. The van der Waals surface area contributed by atoms with Crippen LogP contribution >= 0.6 is 0 Å². The summed E-state index contributed by atoms with van der Waals surface area (Å²) in [5.41, 5.74) is 2.12. The zero-order chi connectivity index (χ0) is 21.5. The van der Waals surface area contributed by atoms with Gasteiger partial charge in [-0.25, -0.2) is 4.79 Å². The molecule has 0 radical (unpaired) electrons. The number of likely N-dealkylation sites (tertiary alicyclic amines) is 2. The van der Waals surface area contributed by atoms with E-state index in [0.717, 1.165) is 42.9 Å². The van der Waals surface area contributed by atoms with E-state index in [1.165, 1.54) is 19.3 Å². The van der Waals surface area contributed by atoms with Gasteiger partial charge in [-0.05, 0) is 55.6 Å². The second kappa shape index (κ2) is 10.5. The van der Waals surface area contributed by atoms with Gasteiger partial charge in [-0.15, -0.1) is 0 Å². The van der Waals surface area contributed by atoms with Crippen molar-refractivity contribution in [2.75, 3.05) is 26.2 Å². The molecule has 1 atom stereocenters. The van der Waals surface area contributed by atoms with Crippen LogP contribution in [0.25, 0.3) is 0 Å². The number of nitrogens with one attached hydrogen (secondary N) is 2. The number of nitrogens with zero attached hydrogens (tertiary/aromatic N) is 2. The third kappa shape index (κ3) is 5.88. The van der Waals surface area contributed by atoms with Crippen molar-refractivity contribution < 1.29 is 14.0 Å². The van der Waals surface area contributed by atoms with Crippen molar-refractivity contribution in [2.24, 2.45) is 0 Å². The highest BCUT2D eigenvalue weighted by Gasteiger charge is 2.25. The number of rotatable bonds is 8. The van der Waals surface area contributed by atoms with E-state index < -0.39 is 0 Å². The van der Waals surface area contributed by atoms with Gasteiger partial charge in [0.2, 0.25) is 5.91 Å². The van der Waals surface area contributed by atoms with Gasteiger partial charge in [0.1, 0.15) is 5.76 Å². The largest absolute Gasteiger partial charge is 0.468 e. The number of urea groups is 1. The number of carbonyl (C=O) groups is 2.